The number of carbonyl (C=O) groups is 1. The van der Waals surface area contributed by atoms with Crippen molar-refractivity contribution in [1.82, 2.24) is 0 Å². The molecular formula is C26H34N2O4. The van der Waals surface area contributed by atoms with Gasteiger partial charge in [-0.1, -0.05) is 13.0 Å². The van der Waals surface area contributed by atoms with Crippen LogP contribution in [0.4, 0.5) is 11.4 Å². The third kappa shape index (κ3) is 5.12. The highest BCUT2D eigenvalue weighted by atomic mass is 16.5. The molecule has 2 aliphatic rings. The highest BCUT2D eigenvalue weighted by Crippen LogP contribution is 2.33. The quantitative estimate of drug-likeness (QED) is 0.674. The number of anilines is 2. The lowest BCUT2D eigenvalue weighted by Crippen LogP contribution is -2.38. The van der Waals surface area contributed by atoms with E-state index in [0.29, 0.717) is 5.92 Å². The summed E-state index contributed by atoms with van der Waals surface area (Å²) in [7, 11) is 1.70. The number of benzene rings is 2. The van der Waals surface area contributed by atoms with Crippen molar-refractivity contribution in [3.05, 3.63) is 48.0 Å². The molecule has 0 amide bonds. The van der Waals surface area contributed by atoms with Gasteiger partial charge < -0.3 is 24.4 Å². The van der Waals surface area contributed by atoms with Gasteiger partial charge in [0.25, 0.3) is 0 Å². The Bertz CT molecular complexity index is 922. The summed E-state index contributed by atoms with van der Waals surface area (Å²) in [5.74, 6) is 1.55. The van der Waals surface area contributed by atoms with Crippen LogP contribution in [0.5, 0.6) is 11.5 Å². The molecule has 2 aromatic carbocycles. The number of ether oxygens (including phenoxy) is 2. The van der Waals surface area contributed by atoms with E-state index < -0.39 is 5.97 Å². The van der Waals surface area contributed by atoms with Crippen LogP contribution in [0.2, 0.25) is 0 Å². The number of nitrogens with zero attached hydrogens (tertiary/aromatic N) is 2. The van der Waals surface area contributed by atoms with Gasteiger partial charge >= 0.3 is 5.97 Å². The minimum atomic E-state index is -0.732. The van der Waals surface area contributed by atoms with Crippen molar-refractivity contribution < 1.29 is 19.4 Å². The predicted octanol–water partition coefficient (Wildman–Crippen LogP) is 4.74. The molecule has 6 heteroatoms. The summed E-state index contributed by atoms with van der Waals surface area (Å²) in [5, 5.41) is 9.23. The summed E-state index contributed by atoms with van der Waals surface area (Å²) >= 11 is 0. The van der Waals surface area contributed by atoms with Crippen LogP contribution < -0.4 is 19.3 Å². The second kappa shape index (κ2) is 9.72. The lowest BCUT2D eigenvalue weighted by molar-refractivity contribution is -0.137. The second-order valence-electron chi connectivity index (χ2n) is 9.20. The minimum absolute atomic E-state index is 0.0682. The van der Waals surface area contributed by atoms with Crippen LogP contribution >= 0.6 is 0 Å². The number of hydrogen-bond acceptors (Lipinski definition) is 5. The number of aliphatic carboxylic acids is 1. The van der Waals surface area contributed by atoms with Gasteiger partial charge in [0.05, 0.1) is 13.5 Å². The first-order valence-electron chi connectivity index (χ1n) is 11.6. The van der Waals surface area contributed by atoms with E-state index in [2.05, 4.69) is 47.9 Å². The number of aryl methyl sites for hydroxylation is 1. The van der Waals surface area contributed by atoms with E-state index in [1.54, 1.807) is 7.11 Å². The van der Waals surface area contributed by atoms with E-state index in [9.17, 15) is 9.90 Å². The summed E-state index contributed by atoms with van der Waals surface area (Å²) in [6.07, 6.45) is 3.27. The van der Waals surface area contributed by atoms with Crippen LogP contribution in [-0.2, 0) is 4.79 Å². The van der Waals surface area contributed by atoms with Gasteiger partial charge in [-0.05, 0) is 55.2 Å². The predicted molar refractivity (Wildman–Crippen MR) is 127 cm³/mol. The Kier molecular flexibility index (Phi) is 6.77. The van der Waals surface area contributed by atoms with Crippen molar-refractivity contribution in [2.45, 2.75) is 51.7 Å². The lowest BCUT2D eigenvalue weighted by Gasteiger charge is -2.34. The fraction of sp³-hybridized carbons (Fsp3) is 0.500. The van der Waals surface area contributed by atoms with Gasteiger partial charge in [0.2, 0.25) is 0 Å². The Morgan fingerprint density at radius 3 is 2.44 bits per heavy atom. The maximum Gasteiger partial charge on any atom is 0.305 e. The van der Waals surface area contributed by atoms with E-state index in [-0.39, 0.29) is 18.6 Å². The third-order valence-corrected chi connectivity index (χ3v) is 6.70. The van der Waals surface area contributed by atoms with Crippen LogP contribution in [0.3, 0.4) is 0 Å². The first kappa shape index (κ1) is 22.3. The summed E-state index contributed by atoms with van der Waals surface area (Å²) in [6.45, 7) is 7.14. The molecule has 2 aromatic rings. The van der Waals surface area contributed by atoms with Gasteiger partial charge in [0, 0.05) is 56.0 Å². The Morgan fingerprint density at radius 2 is 1.78 bits per heavy atom. The van der Waals surface area contributed by atoms with Crippen molar-refractivity contribution in [3.8, 4) is 11.5 Å². The number of hydrogen-bond donors (Lipinski definition) is 1. The summed E-state index contributed by atoms with van der Waals surface area (Å²) in [5.41, 5.74) is 3.58. The Hall–Kier alpha value is -2.89. The van der Waals surface area contributed by atoms with Crippen LogP contribution in [0.15, 0.2) is 42.5 Å². The van der Waals surface area contributed by atoms with Gasteiger partial charge in [-0.15, -0.1) is 0 Å². The monoisotopic (exact) mass is 438 g/mol. The van der Waals surface area contributed by atoms with Crippen LogP contribution in [-0.4, -0.2) is 50.0 Å². The molecule has 6 nitrogen and oxygen atoms in total. The molecular weight excluding hydrogens is 404 g/mol. The first-order valence-corrected chi connectivity index (χ1v) is 11.6. The van der Waals surface area contributed by atoms with Crippen LogP contribution in [0, 0.1) is 12.8 Å². The Labute approximate surface area is 190 Å². The number of carboxylic acid groups (broad SMARTS) is 1. The van der Waals surface area contributed by atoms with Crippen LogP contribution in [0.1, 0.15) is 38.2 Å². The summed E-state index contributed by atoms with van der Waals surface area (Å²) < 4.78 is 11.7. The SMILES string of the molecule is COc1ccc(C)c(N2CCC(Oc3ccc(N4C[C@H](C)C[C@@H]4CC(=O)O)cc3)CC2)c1. The molecule has 0 saturated carbocycles. The summed E-state index contributed by atoms with van der Waals surface area (Å²) in [4.78, 5) is 15.9. The fourth-order valence-corrected chi connectivity index (χ4v) is 5.04. The van der Waals surface area contributed by atoms with Gasteiger partial charge in [-0.3, -0.25) is 4.79 Å². The van der Waals surface area contributed by atoms with E-state index >= 15 is 0 Å². The zero-order chi connectivity index (χ0) is 22.7. The zero-order valence-electron chi connectivity index (χ0n) is 19.3. The largest absolute Gasteiger partial charge is 0.497 e. The van der Waals surface area contributed by atoms with Gasteiger partial charge in [-0.2, -0.15) is 0 Å². The van der Waals surface area contributed by atoms with Gasteiger partial charge in [0.1, 0.15) is 17.6 Å². The number of methoxy groups -OCH3 is 1. The molecule has 0 bridgehead atoms. The molecule has 0 spiro atoms. The van der Waals surface area contributed by atoms with E-state index in [1.807, 2.05) is 18.2 Å². The molecule has 2 atom stereocenters. The first-order chi connectivity index (χ1) is 15.4. The maximum atomic E-state index is 11.2. The zero-order valence-corrected chi connectivity index (χ0v) is 19.3. The molecule has 1 N–H and O–H groups in total. The number of rotatable bonds is 7. The van der Waals surface area contributed by atoms with Gasteiger partial charge in [0.15, 0.2) is 0 Å². The van der Waals surface area contributed by atoms with Crippen LogP contribution in [0.25, 0.3) is 0 Å². The highest BCUT2D eigenvalue weighted by molar-refractivity contribution is 5.69. The average molecular weight is 439 g/mol. The highest BCUT2D eigenvalue weighted by Gasteiger charge is 2.31. The van der Waals surface area contributed by atoms with E-state index in [1.165, 1.54) is 11.3 Å². The smallest absolute Gasteiger partial charge is 0.305 e. The van der Waals surface area contributed by atoms with Crippen molar-refractivity contribution in [2.24, 2.45) is 5.92 Å². The van der Waals surface area contributed by atoms with Gasteiger partial charge in [-0.25, -0.2) is 0 Å². The Morgan fingerprint density at radius 1 is 1.09 bits per heavy atom. The Balaban J connectivity index is 1.33. The fourth-order valence-electron chi connectivity index (χ4n) is 5.04. The average Bonchev–Trinajstić information content (AvgIpc) is 3.14. The van der Waals surface area contributed by atoms with Crippen molar-refractivity contribution >= 4 is 17.3 Å². The molecule has 2 aliphatic heterocycles. The topological polar surface area (TPSA) is 62.2 Å². The molecule has 32 heavy (non-hydrogen) atoms. The normalized spacial score (nSPS) is 21.6. The molecule has 2 fully saturated rings. The molecule has 0 aliphatic carbocycles. The van der Waals surface area contributed by atoms with E-state index in [4.69, 9.17) is 9.47 Å². The molecule has 0 radical (unpaired) electrons. The molecule has 172 valence electrons. The third-order valence-electron chi connectivity index (χ3n) is 6.70. The minimum Gasteiger partial charge on any atom is -0.497 e. The second-order valence-corrected chi connectivity index (χ2v) is 9.20. The number of piperidine rings is 1. The maximum absolute atomic E-state index is 11.2. The molecule has 0 aromatic heterocycles. The standard InChI is InChI=1S/C26H34N2O4/c1-18-14-21(15-26(29)30)28(17-18)20-5-8-22(9-6-20)32-23-10-12-27(13-11-23)25-16-24(31-3)7-4-19(25)2/h4-9,16,18,21,23H,10-15,17H2,1-3H3,(H,29,30)/t18-,21-/m1/s1. The van der Waals surface area contributed by atoms with Crippen molar-refractivity contribution in [2.75, 3.05) is 36.5 Å². The number of carboxylic acids is 1. The molecule has 0 unspecified atom stereocenters. The van der Waals surface area contributed by atoms with Crippen molar-refractivity contribution in [1.29, 1.82) is 0 Å². The molecule has 4 rings (SSSR count). The summed E-state index contributed by atoms with van der Waals surface area (Å²) in [6, 6.07) is 14.5. The lowest BCUT2D eigenvalue weighted by atomic mass is 10.0. The van der Waals surface area contributed by atoms with Crippen molar-refractivity contribution in [3.63, 3.8) is 0 Å². The molecule has 2 heterocycles. The molecule has 2 saturated heterocycles. The van der Waals surface area contributed by atoms with E-state index in [0.717, 1.165) is 56.1 Å².